The second kappa shape index (κ2) is 4.41. The molecule has 7 heteroatoms. The van der Waals surface area contributed by atoms with E-state index < -0.39 is 0 Å². The number of morpholine rings is 1. The predicted molar refractivity (Wildman–Crippen MR) is 63.7 cm³/mol. The Labute approximate surface area is 104 Å². The van der Waals surface area contributed by atoms with Crippen molar-refractivity contribution in [3.05, 3.63) is 17.6 Å². The third-order valence-electron chi connectivity index (χ3n) is 3.23. The first-order valence-corrected chi connectivity index (χ1v) is 5.97. The molecule has 0 unspecified atom stereocenters. The standard InChI is InChI=1S/C11H15N5O2/c1-8-9(6-16-11(14-8)12-7-13-16)10(17)15-2-4-18-5-3-15/h7H,2-6H2,1H3,(H,12,13,14). The van der Waals surface area contributed by atoms with Crippen LogP contribution in [0.25, 0.3) is 0 Å². The summed E-state index contributed by atoms with van der Waals surface area (Å²) in [6.45, 7) is 4.90. The lowest BCUT2D eigenvalue weighted by Crippen LogP contribution is -2.43. The maximum atomic E-state index is 12.4. The molecule has 1 amide bonds. The highest BCUT2D eigenvalue weighted by Crippen LogP contribution is 2.20. The zero-order valence-electron chi connectivity index (χ0n) is 10.2. The maximum Gasteiger partial charge on any atom is 0.253 e. The number of allylic oxidation sites excluding steroid dienone is 1. The topological polar surface area (TPSA) is 72.3 Å². The fourth-order valence-electron chi connectivity index (χ4n) is 2.17. The quantitative estimate of drug-likeness (QED) is 0.748. The van der Waals surface area contributed by atoms with Gasteiger partial charge < -0.3 is 15.0 Å². The molecule has 0 radical (unpaired) electrons. The molecule has 2 aliphatic heterocycles. The van der Waals surface area contributed by atoms with Crippen LogP contribution in [0.4, 0.5) is 5.95 Å². The molecule has 1 fully saturated rings. The lowest BCUT2D eigenvalue weighted by molar-refractivity contribution is -0.131. The fourth-order valence-corrected chi connectivity index (χ4v) is 2.17. The van der Waals surface area contributed by atoms with Gasteiger partial charge >= 0.3 is 0 Å². The van der Waals surface area contributed by atoms with Crippen molar-refractivity contribution in [3.63, 3.8) is 0 Å². The van der Waals surface area contributed by atoms with Gasteiger partial charge in [-0.25, -0.2) is 4.68 Å². The summed E-state index contributed by atoms with van der Waals surface area (Å²) in [5, 5.41) is 7.18. The van der Waals surface area contributed by atoms with Crippen molar-refractivity contribution in [3.8, 4) is 0 Å². The van der Waals surface area contributed by atoms with Gasteiger partial charge in [0.1, 0.15) is 6.33 Å². The highest BCUT2D eigenvalue weighted by Gasteiger charge is 2.26. The summed E-state index contributed by atoms with van der Waals surface area (Å²) in [5.74, 6) is 0.746. The Bertz CT molecular complexity index is 501. The molecular weight excluding hydrogens is 234 g/mol. The van der Waals surface area contributed by atoms with E-state index in [9.17, 15) is 4.79 Å². The van der Waals surface area contributed by atoms with E-state index >= 15 is 0 Å². The molecule has 1 aromatic rings. The van der Waals surface area contributed by atoms with E-state index in [1.807, 2.05) is 11.8 Å². The molecule has 3 heterocycles. The summed E-state index contributed by atoms with van der Waals surface area (Å²) in [4.78, 5) is 18.3. The normalized spacial score (nSPS) is 19.5. The molecule has 0 aliphatic carbocycles. The predicted octanol–water partition coefficient (Wildman–Crippen LogP) is -0.164. The number of anilines is 1. The van der Waals surface area contributed by atoms with Crippen LogP contribution in [0.2, 0.25) is 0 Å². The van der Waals surface area contributed by atoms with Crippen molar-refractivity contribution in [2.24, 2.45) is 0 Å². The number of hydrogen-bond acceptors (Lipinski definition) is 5. The van der Waals surface area contributed by atoms with Gasteiger partial charge in [-0.3, -0.25) is 4.79 Å². The molecule has 1 aromatic heterocycles. The number of fused-ring (bicyclic) bond motifs is 1. The van der Waals surface area contributed by atoms with E-state index in [0.29, 0.717) is 38.8 Å². The van der Waals surface area contributed by atoms with Crippen LogP contribution in [-0.2, 0) is 16.1 Å². The number of nitrogens with zero attached hydrogens (tertiary/aromatic N) is 4. The largest absolute Gasteiger partial charge is 0.378 e. The number of carbonyl (C=O) groups is 1. The minimum atomic E-state index is 0.0597. The minimum absolute atomic E-state index is 0.0597. The van der Waals surface area contributed by atoms with E-state index in [2.05, 4.69) is 15.4 Å². The molecule has 0 saturated carbocycles. The average Bonchev–Trinajstić information content (AvgIpc) is 2.85. The Morgan fingerprint density at radius 2 is 2.22 bits per heavy atom. The number of nitrogens with one attached hydrogen (secondary N) is 1. The van der Waals surface area contributed by atoms with Crippen LogP contribution in [-0.4, -0.2) is 51.9 Å². The zero-order valence-corrected chi connectivity index (χ0v) is 10.2. The first kappa shape index (κ1) is 11.2. The van der Waals surface area contributed by atoms with Gasteiger partial charge in [-0.15, -0.1) is 0 Å². The molecule has 1 N–H and O–H groups in total. The van der Waals surface area contributed by atoms with Gasteiger partial charge in [0, 0.05) is 18.8 Å². The minimum Gasteiger partial charge on any atom is -0.378 e. The molecule has 96 valence electrons. The number of rotatable bonds is 1. The monoisotopic (exact) mass is 249 g/mol. The van der Waals surface area contributed by atoms with Gasteiger partial charge in [-0.2, -0.15) is 10.1 Å². The summed E-state index contributed by atoms with van der Waals surface area (Å²) in [7, 11) is 0. The summed E-state index contributed by atoms with van der Waals surface area (Å²) in [5.41, 5.74) is 1.60. The van der Waals surface area contributed by atoms with Crippen LogP contribution in [0, 0.1) is 0 Å². The van der Waals surface area contributed by atoms with Crippen molar-refractivity contribution < 1.29 is 9.53 Å². The molecule has 7 nitrogen and oxygen atoms in total. The number of ether oxygens (including phenoxy) is 1. The van der Waals surface area contributed by atoms with E-state index in [0.717, 1.165) is 11.3 Å². The Kier molecular flexibility index (Phi) is 2.75. The van der Waals surface area contributed by atoms with Gasteiger partial charge in [-0.05, 0) is 6.92 Å². The maximum absolute atomic E-state index is 12.4. The Hall–Kier alpha value is -1.89. The third kappa shape index (κ3) is 1.86. The Morgan fingerprint density at radius 3 is 3.00 bits per heavy atom. The lowest BCUT2D eigenvalue weighted by atomic mass is 10.1. The summed E-state index contributed by atoms with van der Waals surface area (Å²) in [6, 6.07) is 0. The number of hydrogen-bond donors (Lipinski definition) is 1. The van der Waals surface area contributed by atoms with Gasteiger partial charge in [0.15, 0.2) is 0 Å². The van der Waals surface area contributed by atoms with Crippen LogP contribution < -0.4 is 5.32 Å². The summed E-state index contributed by atoms with van der Waals surface area (Å²) < 4.78 is 6.95. The van der Waals surface area contributed by atoms with Crippen molar-refractivity contribution >= 4 is 11.9 Å². The molecule has 0 atom stereocenters. The smallest absolute Gasteiger partial charge is 0.253 e. The number of amides is 1. The molecule has 2 aliphatic rings. The van der Waals surface area contributed by atoms with Crippen molar-refractivity contribution in [2.75, 3.05) is 31.6 Å². The van der Waals surface area contributed by atoms with E-state index in [4.69, 9.17) is 4.74 Å². The highest BCUT2D eigenvalue weighted by molar-refractivity contribution is 5.95. The third-order valence-corrected chi connectivity index (χ3v) is 3.23. The second-order valence-corrected chi connectivity index (χ2v) is 4.37. The molecule has 0 bridgehead atoms. The first-order valence-electron chi connectivity index (χ1n) is 5.97. The van der Waals surface area contributed by atoms with Crippen molar-refractivity contribution in [1.29, 1.82) is 0 Å². The first-order chi connectivity index (χ1) is 8.75. The van der Waals surface area contributed by atoms with Crippen LogP contribution in [0.3, 0.4) is 0 Å². The molecule has 0 spiro atoms. The Balaban J connectivity index is 1.81. The van der Waals surface area contributed by atoms with E-state index in [1.54, 1.807) is 4.68 Å². The lowest BCUT2D eigenvalue weighted by Gasteiger charge is -2.29. The Morgan fingerprint density at radius 1 is 1.44 bits per heavy atom. The number of carbonyl (C=O) groups excluding carboxylic acids is 1. The van der Waals surface area contributed by atoms with Crippen molar-refractivity contribution in [1.82, 2.24) is 19.7 Å². The molecular formula is C11H15N5O2. The van der Waals surface area contributed by atoms with Crippen molar-refractivity contribution in [2.45, 2.75) is 13.5 Å². The van der Waals surface area contributed by atoms with Gasteiger partial charge in [0.2, 0.25) is 5.95 Å². The molecule has 0 aromatic carbocycles. The van der Waals surface area contributed by atoms with Crippen LogP contribution >= 0.6 is 0 Å². The zero-order chi connectivity index (χ0) is 12.5. The fraction of sp³-hybridized carbons (Fsp3) is 0.545. The SMILES string of the molecule is CC1=C(C(=O)N2CCOCC2)Cn2ncnc2N1. The average molecular weight is 249 g/mol. The summed E-state index contributed by atoms with van der Waals surface area (Å²) >= 11 is 0. The molecule has 3 rings (SSSR count). The number of aromatic nitrogens is 3. The van der Waals surface area contributed by atoms with Crippen LogP contribution in [0.15, 0.2) is 17.6 Å². The molecule has 18 heavy (non-hydrogen) atoms. The van der Waals surface area contributed by atoms with Crippen LogP contribution in [0.1, 0.15) is 6.92 Å². The molecule has 1 saturated heterocycles. The van der Waals surface area contributed by atoms with Crippen LogP contribution in [0.5, 0.6) is 0 Å². The van der Waals surface area contributed by atoms with Gasteiger partial charge in [-0.1, -0.05) is 0 Å². The second-order valence-electron chi connectivity index (χ2n) is 4.37. The summed E-state index contributed by atoms with van der Waals surface area (Å²) in [6.07, 6.45) is 1.48. The van der Waals surface area contributed by atoms with E-state index in [1.165, 1.54) is 6.33 Å². The van der Waals surface area contributed by atoms with E-state index in [-0.39, 0.29) is 5.91 Å². The van der Waals surface area contributed by atoms with Gasteiger partial charge in [0.25, 0.3) is 5.91 Å². The highest BCUT2D eigenvalue weighted by atomic mass is 16.5. The van der Waals surface area contributed by atoms with Gasteiger partial charge in [0.05, 0.1) is 25.3 Å².